The second-order valence-corrected chi connectivity index (χ2v) is 13.3. The van der Waals surface area contributed by atoms with Crippen molar-refractivity contribution in [2.24, 2.45) is 22.7 Å². The highest BCUT2D eigenvalue weighted by Gasteiger charge is 2.49. The number of H-pyrrole nitrogens is 1. The summed E-state index contributed by atoms with van der Waals surface area (Å²) < 4.78 is 62.1. The largest absolute Gasteiger partial charge is 0.534 e. The van der Waals surface area contributed by atoms with Crippen LogP contribution in [0.5, 0.6) is 0 Å². The van der Waals surface area contributed by atoms with Crippen molar-refractivity contribution in [1.82, 2.24) is 9.97 Å². The highest BCUT2D eigenvalue weighted by molar-refractivity contribution is 7.87. The van der Waals surface area contributed by atoms with E-state index in [-0.39, 0.29) is 17.6 Å². The van der Waals surface area contributed by atoms with E-state index in [2.05, 4.69) is 41.0 Å². The second-order valence-electron chi connectivity index (χ2n) is 11.8. The van der Waals surface area contributed by atoms with Gasteiger partial charge in [-0.1, -0.05) is 41.5 Å². The molecule has 0 radical (unpaired) electrons. The first-order valence-electron chi connectivity index (χ1n) is 12.1. The minimum absolute atomic E-state index is 0.0466. The van der Waals surface area contributed by atoms with Gasteiger partial charge in [-0.2, -0.15) is 21.6 Å². The fraction of sp³-hybridized carbons (Fsp3) is 0.654. The number of aryl methyl sites for hydroxylation is 1. The van der Waals surface area contributed by atoms with Crippen LogP contribution < -0.4 is 0 Å². The molecule has 0 spiro atoms. The Labute approximate surface area is 206 Å². The molecule has 196 valence electrons. The van der Waals surface area contributed by atoms with Gasteiger partial charge in [-0.3, -0.25) is 4.98 Å². The molecule has 4 rings (SSSR count). The Bertz CT molecular complexity index is 1170. The zero-order valence-electron chi connectivity index (χ0n) is 21.4. The number of aromatic nitrogens is 2. The zero-order valence-corrected chi connectivity index (χ0v) is 22.2. The van der Waals surface area contributed by atoms with Crippen LogP contribution in [0.1, 0.15) is 78.5 Å². The highest BCUT2D eigenvalue weighted by atomic mass is 32.2. The third-order valence-electron chi connectivity index (χ3n) is 7.31. The quantitative estimate of drug-likeness (QED) is 0.337. The van der Waals surface area contributed by atoms with Gasteiger partial charge in [-0.15, -0.1) is 0 Å². The lowest BCUT2D eigenvalue weighted by molar-refractivity contribution is -0.0525. The third kappa shape index (κ3) is 6.60. The van der Waals surface area contributed by atoms with Gasteiger partial charge in [0.2, 0.25) is 0 Å². The number of halogens is 3. The van der Waals surface area contributed by atoms with E-state index in [0.717, 1.165) is 5.92 Å². The zero-order chi connectivity index (χ0) is 26.2. The van der Waals surface area contributed by atoms with Crippen LogP contribution in [0.4, 0.5) is 13.2 Å². The molecule has 2 heterocycles. The third-order valence-corrected chi connectivity index (χ3v) is 8.31. The predicted octanol–water partition coefficient (Wildman–Crippen LogP) is 7.30. The van der Waals surface area contributed by atoms with Crippen LogP contribution in [0.3, 0.4) is 0 Å². The molecule has 1 N–H and O–H groups in total. The van der Waals surface area contributed by atoms with Crippen molar-refractivity contribution in [2.75, 3.05) is 0 Å². The molecule has 2 aromatic rings. The molecule has 0 fully saturated rings. The van der Waals surface area contributed by atoms with E-state index in [1.54, 1.807) is 0 Å². The summed E-state index contributed by atoms with van der Waals surface area (Å²) in [5, 5.41) is 1.33. The Kier molecular flexibility index (Phi) is 7.71. The van der Waals surface area contributed by atoms with Gasteiger partial charge >= 0.3 is 15.6 Å². The molecule has 2 aliphatic carbocycles. The van der Waals surface area contributed by atoms with Crippen LogP contribution >= 0.6 is 0 Å². The number of nitrogens with zero attached hydrogens (tertiary/aromatic N) is 1. The summed E-state index contributed by atoms with van der Waals surface area (Å²) in [4.78, 5) is 7.81. The topological polar surface area (TPSA) is 72.1 Å². The van der Waals surface area contributed by atoms with Crippen molar-refractivity contribution in [1.29, 1.82) is 0 Å². The Balaban J connectivity index is 0.000000196. The Hall–Kier alpha value is -2.03. The van der Waals surface area contributed by atoms with Gasteiger partial charge in [-0.25, -0.2) is 0 Å². The summed E-state index contributed by atoms with van der Waals surface area (Å²) >= 11 is 0. The average Bonchev–Trinajstić information content (AvgIpc) is 3.10. The molecule has 0 aromatic carbocycles. The van der Waals surface area contributed by atoms with Crippen LogP contribution in [0.15, 0.2) is 30.3 Å². The highest BCUT2D eigenvalue weighted by Crippen LogP contribution is 2.40. The van der Waals surface area contributed by atoms with Gasteiger partial charge in [0, 0.05) is 35.4 Å². The molecular formula is C26H37F3N2O3S. The van der Waals surface area contributed by atoms with E-state index < -0.39 is 15.6 Å². The maximum Gasteiger partial charge on any atom is 0.534 e. The van der Waals surface area contributed by atoms with E-state index in [1.165, 1.54) is 47.5 Å². The first-order valence-corrected chi connectivity index (χ1v) is 13.5. The minimum atomic E-state index is -5.52. The number of hydrogen-bond donors (Lipinski definition) is 1. The average molecular weight is 515 g/mol. The van der Waals surface area contributed by atoms with Crippen molar-refractivity contribution in [3.05, 3.63) is 41.6 Å². The van der Waals surface area contributed by atoms with Crippen molar-refractivity contribution in [3.63, 3.8) is 0 Å². The molecule has 0 saturated carbocycles. The molecule has 2 atom stereocenters. The van der Waals surface area contributed by atoms with Gasteiger partial charge in [0.25, 0.3) is 0 Å². The molecule has 0 bridgehead atoms. The Morgan fingerprint density at radius 3 is 2.17 bits per heavy atom. The fourth-order valence-corrected chi connectivity index (χ4v) is 5.39. The first kappa shape index (κ1) is 27.6. The van der Waals surface area contributed by atoms with Gasteiger partial charge in [0.15, 0.2) is 0 Å². The van der Waals surface area contributed by atoms with Gasteiger partial charge in [-0.05, 0) is 72.5 Å². The van der Waals surface area contributed by atoms with Crippen LogP contribution in [0, 0.1) is 22.7 Å². The Morgan fingerprint density at radius 2 is 1.63 bits per heavy atom. The molecule has 2 aliphatic rings. The number of allylic oxidation sites excluding steroid dienone is 2. The number of rotatable bonds is 2. The first-order chi connectivity index (χ1) is 16.0. The summed E-state index contributed by atoms with van der Waals surface area (Å²) in [6, 6.07) is 2.08. The summed E-state index contributed by atoms with van der Waals surface area (Å²) in [7, 11) is -5.52. The number of alkyl halides is 3. The van der Waals surface area contributed by atoms with Gasteiger partial charge < -0.3 is 9.17 Å². The molecule has 9 heteroatoms. The minimum Gasteiger partial charge on any atom is -0.381 e. The summed E-state index contributed by atoms with van der Waals surface area (Å²) in [5.74, 6) is 1.00. The van der Waals surface area contributed by atoms with E-state index in [1.807, 2.05) is 33.2 Å². The summed E-state index contributed by atoms with van der Waals surface area (Å²) in [6.45, 7) is 13.2. The summed E-state index contributed by atoms with van der Waals surface area (Å²) in [5.41, 5.74) is -0.712. The fourth-order valence-electron chi connectivity index (χ4n) is 4.86. The van der Waals surface area contributed by atoms with Crippen LogP contribution in [0.2, 0.25) is 0 Å². The Morgan fingerprint density at radius 1 is 1.00 bits per heavy atom. The molecule has 0 amide bonds. The van der Waals surface area contributed by atoms with E-state index >= 15 is 0 Å². The van der Waals surface area contributed by atoms with Crippen LogP contribution in [-0.4, -0.2) is 23.9 Å². The molecule has 2 aromatic heterocycles. The molecule has 2 unspecified atom stereocenters. The molecule has 35 heavy (non-hydrogen) atoms. The van der Waals surface area contributed by atoms with E-state index in [4.69, 9.17) is 0 Å². The SMILES string of the molecule is CC(C)(C)C1CC=C(OS(=O)(=O)C(F)(F)F)CC1.CC(C)(C)C1CCc2[nH]c3ccncc3c2C1. The second kappa shape index (κ2) is 9.79. The number of fused-ring (bicyclic) bond motifs is 3. The number of aromatic amines is 1. The van der Waals surface area contributed by atoms with Crippen LogP contribution in [0.25, 0.3) is 10.9 Å². The van der Waals surface area contributed by atoms with Crippen molar-refractivity contribution >= 4 is 21.0 Å². The lowest BCUT2D eigenvalue weighted by Crippen LogP contribution is -2.27. The molecule has 5 nitrogen and oxygen atoms in total. The predicted molar refractivity (Wildman–Crippen MR) is 132 cm³/mol. The molecular weight excluding hydrogens is 477 g/mol. The number of nitrogens with one attached hydrogen (secondary N) is 1. The smallest absolute Gasteiger partial charge is 0.381 e. The standard InChI is InChI=1S/C15H20N2.C11H17F3O3S/c1-15(2,3)10-4-5-13-11(8-10)12-9-16-7-6-14(12)17-13;1-10(2,3)8-4-6-9(7-5-8)17-18(15,16)11(12,13)14/h6-7,9-10,17H,4-5,8H2,1-3H3;6,8H,4-5,7H2,1-3H3. The lowest BCUT2D eigenvalue weighted by atomic mass is 9.71. The van der Waals surface area contributed by atoms with E-state index in [9.17, 15) is 21.6 Å². The van der Waals surface area contributed by atoms with E-state index in [0.29, 0.717) is 24.2 Å². The lowest BCUT2D eigenvalue weighted by Gasteiger charge is -2.33. The van der Waals surface area contributed by atoms with Crippen molar-refractivity contribution in [2.45, 2.75) is 85.6 Å². The maximum absolute atomic E-state index is 12.1. The monoisotopic (exact) mass is 514 g/mol. The normalized spacial score (nSPS) is 21.6. The van der Waals surface area contributed by atoms with Crippen LogP contribution in [-0.2, 0) is 27.1 Å². The summed E-state index contributed by atoms with van der Waals surface area (Å²) in [6.07, 6.45) is 10.4. The van der Waals surface area contributed by atoms with Gasteiger partial charge in [0.1, 0.15) is 5.76 Å². The molecule has 0 saturated heterocycles. The number of pyridine rings is 1. The number of hydrogen-bond acceptors (Lipinski definition) is 4. The van der Waals surface area contributed by atoms with Crippen molar-refractivity contribution in [3.8, 4) is 0 Å². The van der Waals surface area contributed by atoms with Gasteiger partial charge in [0.05, 0.1) is 0 Å². The maximum atomic E-state index is 12.1. The van der Waals surface area contributed by atoms with Crippen molar-refractivity contribution < 1.29 is 25.8 Å². The molecule has 0 aliphatic heterocycles.